The normalized spacial score (nSPS) is 16.0. The first kappa shape index (κ1) is 19.5. The van der Waals surface area contributed by atoms with Crippen LogP contribution in [-0.4, -0.2) is 54.0 Å². The molecular weight excluding hydrogens is 388 g/mol. The fourth-order valence-electron chi connectivity index (χ4n) is 2.77. The van der Waals surface area contributed by atoms with E-state index < -0.39 is 0 Å². The summed E-state index contributed by atoms with van der Waals surface area (Å²) in [5.41, 5.74) is 1.07. The van der Waals surface area contributed by atoms with Gasteiger partial charge in [-0.25, -0.2) is 0 Å². The lowest BCUT2D eigenvalue weighted by Crippen LogP contribution is -2.38. The molecule has 0 unspecified atom stereocenters. The summed E-state index contributed by atoms with van der Waals surface area (Å²) in [6.07, 6.45) is 3.05. The van der Waals surface area contributed by atoms with E-state index in [-0.39, 0.29) is 0 Å². The number of hydrogen-bond acceptors (Lipinski definition) is 4. The van der Waals surface area contributed by atoms with Crippen LogP contribution in [0.2, 0.25) is 5.02 Å². The van der Waals surface area contributed by atoms with Gasteiger partial charge in [0, 0.05) is 36.2 Å². The Morgan fingerprint density at radius 1 is 1.31 bits per heavy atom. The van der Waals surface area contributed by atoms with Crippen molar-refractivity contribution in [3.8, 4) is 0 Å². The van der Waals surface area contributed by atoms with Crippen LogP contribution < -0.4 is 10.1 Å². The van der Waals surface area contributed by atoms with Gasteiger partial charge in [0.2, 0.25) is 0 Å². The minimum atomic E-state index is 0.530. The average Bonchev–Trinajstić information content (AvgIpc) is 3.08. The van der Waals surface area contributed by atoms with E-state index >= 15 is 0 Å². The van der Waals surface area contributed by atoms with Gasteiger partial charge in [-0.05, 0) is 36.8 Å². The lowest BCUT2D eigenvalue weighted by Gasteiger charge is -2.26. The van der Waals surface area contributed by atoms with Gasteiger partial charge in [0.15, 0.2) is 9.91 Å². The number of thiazole rings is 1. The van der Waals surface area contributed by atoms with Crippen molar-refractivity contribution >= 4 is 40.3 Å². The van der Waals surface area contributed by atoms with Crippen molar-refractivity contribution < 1.29 is 4.74 Å². The number of rotatable bonds is 6. The molecular formula is C18H23ClN4OS2. The van der Waals surface area contributed by atoms with Crippen LogP contribution >= 0.6 is 35.2 Å². The number of hydrogen-bond donors (Lipinski definition) is 1. The Kier molecular flexibility index (Phi) is 7.64. The molecule has 1 fully saturated rings. The zero-order valence-corrected chi connectivity index (χ0v) is 17.0. The number of nitrogens with zero attached hydrogens (tertiary/aromatic N) is 3. The summed E-state index contributed by atoms with van der Waals surface area (Å²) in [7, 11) is 0. The standard InChI is InChI=1S/C18H23ClN4OS2/c19-16-5-2-1-4-15(16)14-23-10-13-26-18(23)21-17(25)20-6-3-7-22-8-11-24-12-9-22/h1-2,4-5,10,13H,3,6-9,11-12,14H2,(H,20,25). The summed E-state index contributed by atoms with van der Waals surface area (Å²) in [5.74, 6) is 0. The Morgan fingerprint density at radius 3 is 2.92 bits per heavy atom. The summed E-state index contributed by atoms with van der Waals surface area (Å²) >= 11 is 13.2. The Bertz CT molecular complexity index is 783. The van der Waals surface area contributed by atoms with E-state index in [1.165, 1.54) is 0 Å². The molecule has 5 nitrogen and oxygen atoms in total. The van der Waals surface area contributed by atoms with Crippen LogP contribution in [-0.2, 0) is 11.3 Å². The Balaban J connectivity index is 1.50. The van der Waals surface area contributed by atoms with Gasteiger partial charge < -0.3 is 14.6 Å². The predicted octanol–water partition coefficient (Wildman–Crippen LogP) is 2.75. The summed E-state index contributed by atoms with van der Waals surface area (Å²) < 4.78 is 7.42. The zero-order chi connectivity index (χ0) is 18.2. The third kappa shape index (κ3) is 5.89. The number of halogens is 1. The SMILES string of the molecule is S=C(N=c1sccn1Cc1ccccc1Cl)NCCCN1CCOCC1. The summed E-state index contributed by atoms with van der Waals surface area (Å²) in [4.78, 5) is 7.84. The Labute approximate surface area is 168 Å². The van der Waals surface area contributed by atoms with E-state index in [0.29, 0.717) is 11.7 Å². The molecule has 8 heteroatoms. The first-order chi connectivity index (χ1) is 12.7. The molecule has 0 radical (unpaired) electrons. The van der Waals surface area contributed by atoms with Crippen molar-refractivity contribution in [3.05, 3.63) is 51.2 Å². The van der Waals surface area contributed by atoms with Crippen molar-refractivity contribution in [2.24, 2.45) is 4.99 Å². The molecule has 1 aromatic heterocycles. The number of aromatic nitrogens is 1. The van der Waals surface area contributed by atoms with Crippen LogP contribution in [0.1, 0.15) is 12.0 Å². The van der Waals surface area contributed by atoms with Gasteiger partial charge in [-0.1, -0.05) is 29.8 Å². The number of ether oxygens (including phenoxy) is 1. The maximum atomic E-state index is 6.26. The first-order valence-corrected chi connectivity index (χ1v) is 10.4. The molecule has 1 aliphatic rings. The molecule has 1 N–H and O–H groups in total. The fourth-order valence-corrected chi connectivity index (χ4v) is 3.94. The molecule has 3 rings (SSSR count). The predicted molar refractivity (Wildman–Crippen MR) is 111 cm³/mol. The third-order valence-electron chi connectivity index (χ3n) is 4.19. The van der Waals surface area contributed by atoms with E-state index in [1.807, 2.05) is 35.8 Å². The van der Waals surface area contributed by atoms with Crippen LogP contribution in [0.5, 0.6) is 0 Å². The Morgan fingerprint density at radius 2 is 2.12 bits per heavy atom. The van der Waals surface area contributed by atoms with Crippen molar-refractivity contribution in [1.82, 2.24) is 14.8 Å². The highest BCUT2D eigenvalue weighted by atomic mass is 35.5. The summed E-state index contributed by atoms with van der Waals surface area (Å²) in [6, 6.07) is 7.86. The monoisotopic (exact) mass is 410 g/mol. The lowest BCUT2D eigenvalue weighted by atomic mass is 10.2. The van der Waals surface area contributed by atoms with Gasteiger partial charge in [0.25, 0.3) is 0 Å². The number of thiocarbonyl (C=S) groups is 1. The van der Waals surface area contributed by atoms with Crippen molar-refractivity contribution in [2.75, 3.05) is 39.4 Å². The average molecular weight is 411 g/mol. The number of morpholine rings is 1. The van der Waals surface area contributed by atoms with Crippen LogP contribution in [0.3, 0.4) is 0 Å². The topological polar surface area (TPSA) is 41.8 Å². The molecule has 0 spiro atoms. The van der Waals surface area contributed by atoms with Gasteiger partial charge >= 0.3 is 0 Å². The van der Waals surface area contributed by atoms with E-state index in [4.69, 9.17) is 28.6 Å². The summed E-state index contributed by atoms with van der Waals surface area (Å²) in [6.45, 7) is 6.29. The van der Waals surface area contributed by atoms with E-state index in [9.17, 15) is 0 Å². The largest absolute Gasteiger partial charge is 0.379 e. The first-order valence-electron chi connectivity index (χ1n) is 8.72. The Hall–Kier alpha value is -1.25. The molecule has 26 heavy (non-hydrogen) atoms. The maximum absolute atomic E-state index is 6.26. The van der Waals surface area contributed by atoms with Crippen LogP contribution in [0, 0.1) is 0 Å². The molecule has 0 bridgehead atoms. The van der Waals surface area contributed by atoms with E-state index in [1.54, 1.807) is 11.3 Å². The highest BCUT2D eigenvalue weighted by Crippen LogP contribution is 2.15. The number of nitrogens with one attached hydrogen (secondary N) is 1. The molecule has 140 valence electrons. The molecule has 2 heterocycles. The maximum Gasteiger partial charge on any atom is 0.195 e. The van der Waals surface area contributed by atoms with Gasteiger partial charge in [-0.3, -0.25) is 4.90 Å². The highest BCUT2D eigenvalue weighted by molar-refractivity contribution is 7.80. The van der Waals surface area contributed by atoms with E-state index in [0.717, 1.165) is 61.2 Å². The van der Waals surface area contributed by atoms with E-state index in [2.05, 4.69) is 19.8 Å². The second kappa shape index (κ2) is 10.2. The third-order valence-corrected chi connectivity index (χ3v) is 5.59. The summed E-state index contributed by atoms with van der Waals surface area (Å²) in [5, 5.41) is 6.54. The quantitative estimate of drug-likeness (QED) is 0.587. The van der Waals surface area contributed by atoms with Crippen LogP contribution in [0.15, 0.2) is 40.8 Å². The smallest absolute Gasteiger partial charge is 0.195 e. The zero-order valence-electron chi connectivity index (χ0n) is 14.6. The lowest BCUT2D eigenvalue weighted by molar-refractivity contribution is 0.0376. The fraction of sp³-hybridized carbons (Fsp3) is 0.444. The van der Waals surface area contributed by atoms with Gasteiger partial charge in [-0.15, -0.1) is 11.3 Å². The molecule has 0 amide bonds. The second-order valence-corrected chi connectivity index (χ2v) is 7.72. The molecule has 1 saturated heterocycles. The molecule has 0 atom stereocenters. The minimum Gasteiger partial charge on any atom is -0.379 e. The van der Waals surface area contributed by atoms with Gasteiger partial charge in [0.05, 0.1) is 19.8 Å². The number of benzene rings is 1. The van der Waals surface area contributed by atoms with Crippen LogP contribution in [0.25, 0.3) is 0 Å². The van der Waals surface area contributed by atoms with Crippen molar-refractivity contribution in [1.29, 1.82) is 0 Å². The molecule has 0 saturated carbocycles. The molecule has 0 aliphatic carbocycles. The molecule has 1 aliphatic heterocycles. The molecule has 2 aromatic rings. The van der Waals surface area contributed by atoms with Gasteiger partial charge in [-0.2, -0.15) is 4.99 Å². The molecule has 1 aromatic carbocycles. The van der Waals surface area contributed by atoms with Crippen molar-refractivity contribution in [3.63, 3.8) is 0 Å². The highest BCUT2D eigenvalue weighted by Gasteiger charge is 2.09. The van der Waals surface area contributed by atoms with Crippen molar-refractivity contribution in [2.45, 2.75) is 13.0 Å². The minimum absolute atomic E-state index is 0.530. The second-order valence-electron chi connectivity index (χ2n) is 6.06. The van der Waals surface area contributed by atoms with Crippen LogP contribution in [0.4, 0.5) is 0 Å². The van der Waals surface area contributed by atoms with Gasteiger partial charge in [0.1, 0.15) is 0 Å².